The van der Waals surface area contributed by atoms with Gasteiger partial charge in [-0.05, 0) is 165 Å². The molecule has 0 aromatic heterocycles. The van der Waals surface area contributed by atoms with Gasteiger partial charge in [0, 0.05) is 17.1 Å². The molecule has 0 unspecified atom stereocenters. The van der Waals surface area contributed by atoms with Gasteiger partial charge in [-0.2, -0.15) is 0 Å². The van der Waals surface area contributed by atoms with Crippen LogP contribution in [0, 0.1) is 62.3 Å². The quantitative estimate of drug-likeness (QED) is 0.184. The smallest absolute Gasteiger partial charge is 0.0462 e. The molecule has 0 N–H and O–H groups in total. The second kappa shape index (κ2) is 12.5. The third kappa shape index (κ3) is 6.03. The first-order valence-electron chi connectivity index (χ1n) is 16.3. The highest BCUT2D eigenvalue weighted by molar-refractivity contribution is 5.83. The molecule has 0 amide bonds. The molecule has 0 spiro atoms. The summed E-state index contributed by atoms with van der Waals surface area (Å²) in [6.07, 6.45) is 0. The van der Waals surface area contributed by atoms with Gasteiger partial charge in [-0.1, -0.05) is 89.5 Å². The molecule has 0 aliphatic rings. The monoisotopic (exact) mass is 599 g/mol. The third-order valence-electron chi connectivity index (χ3n) is 9.27. The van der Waals surface area contributed by atoms with Gasteiger partial charge in [0.1, 0.15) is 0 Å². The molecule has 6 aromatic carbocycles. The molecule has 1 nitrogen and oxygen atoms in total. The lowest BCUT2D eigenvalue weighted by molar-refractivity contribution is 1.27. The SMILES string of the molecule is Cc1cc(C)c(-c2ccc(N(c3ccc(-c4c(C)cc(C)cc4C)cc3)c3ccc(-c4c(C)cc(C)cc4C)cc3)cc2)c(C)c1. The van der Waals surface area contributed by atoms with Crippen LogP contribution in [0.2, 0.25) is 0 Å². The summed E-state index contributed by atoms with van der Waals surface area (Å²) in [5, 5.41) is 0. The van der Waals surface area contributed by atoms with Gasteiger partial charge in [0.05, 0.1) is 0 Å². The summed E-state index contributed by atoms with van der Waals surface area (Å²) >= 11 is 0. The highest BCUT2D eigenvalue weighted by Crippen LogP contribution is 2.40. The van der Waals surface area contributed by atoms with Crippen LogP contribution in [0.5, 0.6) is 0 Å². The van der Waals surface area contributed by atoms with Crippen molar-refractivity contribution in [1.82, 2.24) is 0 Å². The van der Waals surface area contributed by atoms with E-state index in [0.717, 1.165) is 17.1 Å². The molecular formula is C45H45N. The Hall–Kier alpha value is -4.88. The summed E-state index contributed by atoms with van der Waals surface area (Å²) in [6, 6.07) is 40.9. The third-order valence-corrected chi connectivity index (χ3v) is 9.27. The molecule has 6 rings (SSSR count). The highest BCUT2D eigenvalue weighted by atomic mass is 15.1. The minimum absolute atomic E-state index is 1.14. The Balaban J connectivity index is 1.43. The van der Waals surface area contributed by atoms with Crippen molar-refractivity contribution in [3.63, 3.8) is 0 Å². The van der Waals surface area contributed by atoms with Gasteiger partial charge in [-0.3, -0.25) is 0 Å². The van der Waals surface area contributed by atoms with Gasteiger partial charge in [0.2, 0.25) is 0 Å². The average molecular weight is 600 g/mol. The van der Waals surface area contributed by atoms with Crippen LogP contribution in [0.25, 0.3) is 33.4 Å². The first kappa shape index (κ1) is 31.1. The van der Waals surface area contributed by atoms with Gasteiger partial charge in [0.25, 0.3) is 0 Å². The van der Waals surface area contributed by atoms with E-state index in [1.165, 1.54) is 83.5 Å². The van der Waals surface area contributed by atoms with Crippen molar-refractivity contribution in [2.24, 2.45) is 0 Å². The maximum atomic E-state index is 2.37. The molecular weight excluding hydrogens is 555 g/mol. The van der Waals surface area contributed by atoms with Crippen molar-refractivity contribution >= 4 is 17.1 Å². The summed E-state index contributed by atoms with van der Waals surface area (Å²) in [7, 11) is 0. The lowest BCUT2D eigenvalue weighted by atomic mass is 9.93. The van der Waals surface area contributed by atoms with E-state index in [4.69, 9.17) is 0 Å². The number of nitrogens with zero attached hydrogens (tertiary/aromatic N) is 1. The van der Waals surface area contributed by atoms with Crippen LogP contribution in [-0.2, 0) is 0 Å². The van der Waals surface area contributed by atoms with E-state index in [1.54, 1.807) is 0 Å². The maximum Gasteiger partial charge on any atom is 0.0462 e. The first-order chi connectivity index (χ1) is 22.0. The fourth-order valence-corrected chi connectivity index (χ4v) is 7.68. The summed E-state index contributed by atoms with van der Waals surface area (Å²) < 4.78 is 0. The van der Waals surface area contributed by atoms with Crippen LogP contribution in [0.15, 0.2) is 109 Å². The largest absolute Gasteiger partial charge is 0.311 e. The molecule has 0 aliphatic heterocycles. The molecule has 1 heteroatoms. The molecule has 6 aromatic rings. The van der Waals surface area contributed by atoms with Crippen molar-refractivity contribution < 1.29 is 0 Å². The number of hydrogen-bond acceptors (Lipinski definition) is 1. The zero-order chi connectivity index (χ0) is 32.7. The Kier molecular flexibility index (Phi) is 8.45. The number of benzene rings is 6. The Labute approximate surface area is 276 Å². The number of anilines is 3. The zero-order valence-electron chi connectivity index (χ0n) is 28.8. The summed E-state index contributed by atoms with van der Waals surface area (Å²) in [5.41, 5.74) is 22.9. The van der Waals surface area contributed by atoms with Crippen LogP contribution >= 0.6 is 0 Å². The van der Waals surface area contributed by atoms with Gasteiger partial charge in [0.15, 0.2) is 0 Å². The molecule has 46 heavy (non-hydrogen) atoms. The summed E-state index contributed by atoms with van der Waals surface area (Å²) in [4.78, 5) is 2.37. The fraction of sp³-hybridized carbons (Fsp3) is 0.200. The fourth-order valence-electron chi connectivity index (χ4n) is 7.68. The predicted octanol–water partition coefficient (Wildman–Crippen LogP) is 12.9. The van der Waals surface area contributed by atoms with Gasteiger partial charge in [-0.15, -0.1) is 0 Å². The Morgan fingerprint density at radius 1 is 0.283 bits per heavy atom. The molecule has 0 fully saturated rings. The van der Waals surface area contributed by atoms with Crippen molar-refractivity contribution in [3.8, 4) is 33.4 Å². The predicted molar refractivity (Wildman–Crippen MR) is 200 cm³/mol. The molecule has 0 aliphatic carbocycles. The van der Waals surface area contributed by atoms with E-state index in [1.807, 2.05) is 0 Å². The molecule has 0 radical (unpaired) electrons. The van der Waals surface area contributed by atoms with E-state index in [2.05, 4.69) is 176 Å². The minimum atomic E-state index is 1.14. The van der Waals surface area contributed by atoms with Crippen LogP contribution < -0.4 is 4.90 Å². The molecule has 0 saturated heterocycles. The second-order valence-corrected chi connectivity index (χ2v) is 13.3. The van der Waals surface area contributed by atoms with Gasteiger partial charge < -0.3 is 4.90 Å². The van der Waals surface area contributed by atoms with E-state index in [0.29, 0.717) is 0 Å². The number of aryl methyl sites for hydroxylation is 9. The van der Waals surface area contributed by atoms with E-state index in [-0.39, 0.29) is 0 Å². The van der Waals surface area contributed by atoms with E-state index < -0.39 is 0 Å². The van der Waals surface area contributed by atoms with Crippen molar-refractivity contribution in [1.29, 1.82) is 0 Å². The Morgan fingerprint density at radius 3 is 0.674 bits per heavy atom. The first-order valence-corrected chi connectivity index (χ1v) is 16.3. The highest BCUT2D eigenvalue weighted by Gasteiger charge is 2.16. The Bertz CT molecular complexity index is 1730. The maximum absolute atomic E-state index is 2.37. The van der Waals surface area contributed by atoms with Crippen LogP contribution in [-0.4, -0.2) is 0 Å². The number of rotatable bonds is 6. The standard InChI is InChI=1S/C45H45N/c1-28-22-31(4)43(32(5)23-28)37-10-16-40(17-11-37)46(41-18-12-38(13-19-41)44-33(6)24-29(2)25-34(44)7)42-20-14-39(15-21-42)45-35(8)26-30(3)27-36(45)9/h10-27H,1-9H3. The van der Waals surface area contributed by atoms with E-state index >= 15 is 0 Å². The molecule has 230 valence electrons. The van der Waals surface area contributed by atoms with E-state index in [9.17, 15) is 0 Å². The lowest BCUT2D eigenvalue weighted by Gasteiger charge is -2.26. The topological polar surface area (TPSA) is 3.24 Å². The normalized spacial score (nSPS) is 11.2. The molecule has 0 saturated carbocycles. The lowest BCUT2D eigenvalue weighted by Crippen LogP contribution is -2.10. The van der Waals surface area contributed by atoms with Crippen LogP contribution in [0.3, 0.4) is 0 Å². The van der Waals surface area contributed by atoms with Crippen LogP contribution in [0.1, 0.15) is 50.1 Å². The Morgan fingerprint density at radius 2 is 0.478 bits per heavy atom. The molecule has 0 bridgehead atoms. The average Bonchev–Trinajstić information content (AvgIpc) is 2.98. The molecule has 0 heterocycles. The molecule has 0 atom stereocenters. The van der Waals surface area contributed by atoms with Gasteiger partial charge >= 0.3 is 0 Å². The minimum Gasteiger partial charge on any atom is -0.311 e. The van der Waals surface area contributed by atoms with Crippen molar-refractivity contribution in [2.45, 2.75) is 62.3 Å². The number of hydrogen-bond donors (Lipinski definition) is 0. The van der Waals surface area contributed by atoms with Gasteiger partial charge in [-0.25, -0.2) is 0 Å². The zero-order valence-corrected chi connectivity index (χ0v) is 28.8. The van der Waals surface area contributed by atoms with Crippen molar-refractivity contribution in [2.75, 3.05) is 4.90 Å². The second-order valence-electron chi connectivity index (χ2n) is 13.3. The van der Waals surface area contributed by atoms with Crippen LogP contribution in [0.4, 0.5) is 17.1 Å². The summed E-state index contributed by atoms with van der Waals surface area (Å²) in [5.74, 6) is 0. The summed E-state index contributed by atoms with van der Waals surface area (Å²) in [6.45, 7) is 19.8. The van der Waals surface area contributed by atoms with Crippen molar-refractivity contribution in [3.05, 3.63) is 159 Å².